The molecule has 1 aromatic carbocycles. The van der Waals surface area contributed by atoms with Gasteiger partial charge in [-0.15, -0.1) is 11.8 Å². The van der Waals surface area contributed by atoms with Gasteiger partial charge in [0.15, 0.2) is 0 Å². The first-order valence-corrected chi connectivity index (χ1v) is 10.3. The summed E-state index contributed by atoms with van der Waals surface area (Å²) in [4.78, 5) is 1.08. The Hall–Kier alpha value is -0.730. The van der Waals surface area contributed by atoms with E-state index in [9.17, 15) is 5.11 Å². The SMILES string of the molecule is CCCCCCCCCCCCS/C(=C\c1ccccc1)CO. The number of benzene rings is 1. The lowest BCUT2D eigenvalue weighted by molar-refractivity contribution is 0.340. The van der Waals surface area contributed by atoms with E-state index in [0.717, 1.165) is 10.7 Å². The van der Waals surface area contributed by atoms with E-state index < -0.39 is 0 Å². The molecule has 0 radical (unpaired) electrons. The van der Waals surface area contributed by atoms with Crippen molar-refractivity contribution >= 4 is 17.8 Å². The highest BCUT2D eigenvalue weighted by molar-refractivity contribution is 8.03. The van der Waals surface area contributed by atoms with Crippen LogP contribution in [0, 0.1) is 0 Å². The first kappa shape index (κ1) is 20.3. The van der Waals surface area contributed by atoms with Crippen molar-refractivity contribution in [3.8, 4) is 0 Å². The second-order valence-corrected chi connectivity index (χ2v) is 7.43. The summed E-state index contributed by atoms with van der Waals surface area (Å²) in [5.41, 5.74) is 1.17. The number of thioether (sulfide) groups is 1. The average molecular weight is 335 g/mol. The van der Waals surface area contributed by atoms with Crippen LogP contribution in [0.25, 0.3) is 6.08 Å². The third-order valence-corrected chi connectivity index (χ3v) is 5.18. The second kappa shape index (κ2) is 14.8. The minimum atomic E-state index is 0.150. The van der Waals surface area contributed by atoms with Crippen LogP contribution in [-0.2, 0) is 0 Å². The number of aliphatic hydroxyl groups is 1. The van der Waals surface area contributed by atoms with Gasteiger partial charge in [0.2, 0.25) is 0 Å². The smallest absolute Gasteiger partial charge is 0.0740 e. The standard InChI is InChI=1S/C21H34OS/c1-2-3-4-5-6-7-8-9-10-14-17-23-21(19-22)18-20-15-12-11-13-16-20/h11-13,15-16,18,22H,2-10,14,17,19H2,1H3/b21-18-. The van der Waals surface area contributed by atoms with Gasteiger partial charge in [-0.25, -0.2) is 0 Å². The van der Waals surface area contributed by atoms with E-state index in [4.69, 9.17) is 0 Å². The zero-order valence-electron chi connectivity index (χ0n) is 14.8. The summed E-state index contributed by atoms with van der Waals surface area (Å²) >= 11 is 1.80. The summed E-state index contributed by atoms with van der Waals surface area (Å²) in [6.45, 7) is 2.42. The van der Waals surface area contributed by atoms with Crippen LogP contribution in [0.2, 0.25) is 0 Å². The molecule has 1 N–H and O–H groups in total. The zero-order valence-corrected chi connectivity index (χ0v) is 15.6. The number of hydrogen-bond donors (Lipinski definition) is 1. The summed E-state index contributed by atoms with van der Waals surface area (Å²) in [6.07, 6.45) is 15.9. The van der Waals surface area contributed by atoms with Crippen LogP contribution < -0.4 is 0 Å². The monoisotopic (exact) mass is 334 g/mol. The van der Waals surface area contributed by atoms with Crippen molar-refractivity contribution in [2.45, 2.75) is 71.1 Å². The quantitative estimate of drug-likeness (QED) is 0.383. The lowest BCUT2D eigenvalue weighted by Gasteiger charge is -2.05. The Kier molecular flexibility index (Phi) is 13.1. The molecule has 0 saturated carbocycles. The maximum absolute atomic E-state index is 9.46. The van der Waals surface area contributed by atoms with E-state index in [1.54, 1.807) is 11.8 Å². The average Bonchev–Trinajstić information content (AvgIpc) is 2.59. The van der Waals surface area contributed by atoms with Crippen LogP contribution in [-0.4, -0.2) is 17.5 Å². The summed E-state index contributed by atoms with van der Waals surface area (Å²) < 4.78 is 0. The van der Waals surface area contributed by atoms with Gasteiger partial charge in [0.1, 0.15) is 0 Å². The fraction of sp³-hybridized carbons (Fsp3) is 0.619. The van der Waals surface area contributed by atoms with Crippen molar-refractivity contribution < 1.29 is 5.11 Å². The van der Waals surface area contributed by atoms with Gasteiger partial charge in [-0.3, -0.25) is 0 Å². The fourth-order valence-electron chi connectivity index (χ4n) is 2.66. The summed E-state index contributed by atoms with van der Waals surface area (Å²) in [5.74, 6) is 1.12. The molecule has 1 aromatic rings. The number of rotatable bonds is 14. The first-order chi connectivity index (χ1) is 11.4. The highest BCUT2D eigenvalue weighted by atomic mass is 32.2. The maximum atomic E-state index is 9.46. The molecule has 0 atom stereocenters. The first-order valence-electron chi connectivity index (χ1n) is 9.36. The van der Waals surface area contributed by atoms with Gasteiger partial charge in [-0.1, -0.05) is 95.0 Å². The van der Waals surface area contributed by atoms with Gasteiger partial charge in [-0.2, -0.15) is 0 Å². The van der Waals surface area contributed by atoms with E-state index >= 15 is 0 Å². The fourth-order valence-corrected chi connectivity index (χ4v) is 3.58. The van der Waals surface area contributed by atoms with Gasteiger partial charge in [0.05, 0.1) is 6.61 Å². The minimum Gasteiger partial charge on any atom is -0.391 e. The largest absolute Gasteiger partial charge is 0.391 e. The minimum absolute atomic E-state index is 0.150. The molecular formula is C21H34OS. The van der Waals surface area contributed by atoms with E-state index in [1.807, 2.05) is 18.2 Å². The van der Waals surface area contributed by atoms with Gasteiger partial charge in [-0.05, 0) is 23.8 Å². The Morgan fingerprint density at radius 3 is 2.00 bits per heavy atom. The normalized spacial score (nSPS) is 11.8. The number of hydrogen-bond acceptors (Lipinski definition) is 2. The Morgan fingerprint density at radius 1 is 0.870 bits per heavy atom. The topological polar surface area (TPSA) is 20.2 Å². The van der Waals surface area contributed by atoms with Crippen molar-refractivity contribution in [2.75, 3.05) is 12.4 Å². The third kappa shape index (κ3) is 11.4. The predicted octanol–water partition coefficient (Wildman–Crippen LogP) is 6.67. The summed E-state index contributed by atoms with van der Waals surface area (Å²) in [7, 11) is 0. The molecule has 23 heavy (non-hydrogen) atoms. The molecule has 0 unspecified atom stereocenters. The van der Waals surface area contributed by atoms with Gasteiger partial charge < -0.3 is 5.11 Å². The molecule has 0 amide bonds. The maximum Gasteiger partial charge on any atom is 0.0740 e. The molecule has 0 aliphatic heterocycles. The highest BCUT2D eigenvalue weighted by Crippen LogP contribution is 2.21. The van der Waals surface area contributed by atoms with Crippen LogP contribution >= 0.6 is 11.8 Å². The lowest BCUT2D eigenvalue weighted by atomic mass is 10.1. The molecule has 1 rings (SSSR count). The van der Waals surface area contributed by atoms with Crippen molar-refractivity contribution in [1.29, 1.82) is 0 Å². The second-order valence-electron chi connectivity index (χ2n) is 6.21. The molecule has 0 aromatic heterocycles. The van der Waals surface area contributed by atoms with E-state index in [2.05, 4.69) is 25.1 Å². The Balaban J connectivity index is 2.00. The van der Waals surface area contributed by atoms with Crippen LogP contribution in [0.15, 0.2) is 35.2 Å². The van der Waals surface area contributed by atoms with E-state index in [1.165, 1.54) is 69.8 Å². The number of aliphatic hydroxyl groups excluding tert-OH is 1. The number of unbranched alkanes of at least 4 members (excludes halogenated alkanes) is 9. The molecule has 0 fully saturated rings. The summed E-state index contributed by atoms with van der Waals surface area (Å²) in [6, 6.07) is 10.3. The molecule has 0 saturated heterocycles. The molecule has 2 heteroatoms. The van der Waals surface area contributed by atoms with Crippen LogP contribution in [0.4, 0.5) is 0 Å². The molecule has 130 valence electrons. The third-order valence-electron chi connectivity index (χ3n) is 4.07. The molecule has 0 aliphatic rings. The van der Waals surface area contributed by atoms with E-state index in [0.29, 0.717) is 0 Å². The highest BCUT2D eigenvalue weighted by Gasteiger charge is 1.98. The van der Waals surface area contributed by atoms with Gasteiger partial charge in [0, 0.05) is 4.91 Å². The molecular weight excluding hydrogens is 300 g/mol. The van der Waals surface area contributed by atoms with E-state index in [-0.39, 0.29) is 6.61 Å². The zero-order chi connectivity index (χ0) is 16.6. The Morgan fingerprint density at radius 2 is 1.43 bits per heavy atom. The van der Waals surface area contributed by atoms with Crippen LogP contribution in [0.1, 0.15) is 76.7 Å². The van der Waals surface area contributed by atoms with Crippen molar-refractivity contribution in [2.24, 2.45) is 0 Å². The lowest BCUT2D eigenvalue weighted by Crippen LogP contribution is -1.89. The van der Waals surface area contributed by atoms with Gasteiger partial charge in [0.25, 0.3) is 0 Å². The Bertz CT molecular complexity index is 400. The van der Waals surface area contributed by atoms with Crippen LogP contribution in [0.3, 0.4) is 0 Å². The van der Waals surface area contributed by atoms with Crippen molar-refractivity contribution in [1.82, 2.24) is 0 Å². The van der Waals surface area contributed by atoms with Gasteiger partial charge >= 0.3 is 0 Å². The Labute approximate surface area is 147 Å². The molecule has 0 heterocycles. The van der Waals surface area contributed by atoms with Crippen molar-refractivity contribution in [3.05, 3.63) is 40.8 Å². The molecule has 0 aliphatic carbocycles. The van der Waals surface area contributed by atoms with Crippen molar-refractivity contribution in [3.63, 3.8) is 0 Å². The predicted molar refractivity (Wildman–Crippen MR) is 106 cm³/mol. The molecule has 1 nitrogen and oxygen atoms in total. The molecule has 0 spiro atoms. The summed E-state index contributed by atoms with van der Waals surface area (Å²) in [5, 5.41) is 9.46. The molecule has 0 bridgehead atoms. The van der Waals surface area contributed by atoms with Crippen LogP contribution in [0.5, 0.6) is 0 Å².